The third-order valence-corrected chi connectivity index (χ3v) is 6.96. The van der Waals surface area contributed by atoms with E-state index in [-0.39, 0.29) is 17.9 Å². The number of nitrogens with zero attached hydrogens (tertiary/aromatic N) is 3. The normalized spacial score (nSPS) is 20.0. The molecule has 4 aromatic rings. The molecule has 8 heteroatoms. The van der Waals surface area contributed by atoms with Gasteiger partial charge >= 0.3 is 0 Å². The van der Waals surface area contributed by atoms with Crippen LogP contribution in [0.1, 0.15) is 23.5 Å². The van der Waals surface area contributed by atoms with E-state index in [2.05, 4.69) is 44.4 Å². The zero-order chi connectivity index (χ0) is 24.5. The van der Waals surface area contributed by atoms with E-state index >= 15 is 0 Å². The summed E-state index contributed by atoms with van der Waals surface area (Å²) in [7, 11) is 0. The van der Waals surface area contributed by atoms with Crippen LogP contribution in [0.2, 0.25) is 0 Å². The minimum atomic E-state index is -0.280. The van der Waals surface area contributed by atoms with E-state index in [1.807, 2.05) is 30.3 Å². The van der Waals surface area contributed by atoms with Gasteiger partial charge < -0.3 is 24.3 Å². The molecule has 2 saturated heterocycles. The lowest BCUT2D eigenvalue weighted by Gasteiger charge is -2.30. The van der Waals surface area contributed by atoms with E-state index in [4.69, 9.17) is 21.4 Å². The second-order valence-electron chi connectivity index (χ2n) is 8.82. The van der Waals surface area contributed by atoms with Crippen molar-refractivity contribution >= 4 is 28.7 Å². The van der Waals surface area contributed by atoms with Gasteiger partial charge in [-0.15, -0.1) is 0 Å². The van der Waals surface area contributed by atoms with Gasteiger partial charge in [-0.05, 0) is 85.0 Å². The van der Waals surface area contributed by atoms with Crippen LogP contribution < -0.4 is 15.1 Å². The molecule has 0 spiro atoms. The van der Waals surface area contributed by atoms with Crippen molar-refractivity contribution in [1.29, 1.82) is 0 Å². The Kier molecular flexibility index (Phi) is 6.13. The number of nitrogens with one attached hydrogen (secondary N) is 1. The molecule has 2 aromatic carbocycles. The number of halogens is 1. The fraction of sp³-hybridized carbons (Fsp3) is 0.214. The first-order chi connectivity index (χ1) is 17.7. The van der Waals surface area contributed by atoms with Crippen molar-refractivity contribution in [3.05, 3.63) is 102 Å². The number of rotatable bonds is 5. The van der Waals surface area contributed by atoms with Crippen molar-refractivity contribution < 1.29 is 13.5 Å². The molecule has 2 aromatic heterocycles. The van der Waals surface area contributed by atoms with E-state index in [1.54, 1.807) is 18.3 Å². The van der Waals surface area contributed by atoms with Gasteiger partial charge in [0.15, 0.2) is 5.11 Å². The van der Waals surface area contributed by atoms with Crippen LogP contribution in [-0.2, 0) is 4.74 Å². The number of thiocarbonyl (C=S) groups is 1. The Morgan fingerprint density at radius 3 is 2.36 bits per heavy atom. The van der Waals surface area contributed by atoms with Crippen LogP contribution in [0.5, 0.6) is 0 Å². The van der Waals surface area contributed by atoms with Crippen molar-refractivity contribution in [2.24, 2.45) is 0 Å². The van der Waals surface area contributed by atoms with Gasteiger partial charge in [0.05, 0.1) is 24.9 Å². The molecule has 182 valence electrons. The van der Waals surface area contributed by atoms with Crippen LogP contribution in [0.3, 0.4) is 0 Å². The highest BCUT2D eigenvalue weighted by molar-refractivity contribution is 7.80. The lowest BCUT2D eigenvalue weighted by atomic mass is 10.0. The van der Waals surface area contributed by atoms with E-state index in [9.17, 15) is 4.39 Å². The minimum Gasteiger partial charge on any atom is -0.459 e. The van der Waals surface area contributed by atoms with Gasteiger partial charge in [-0.1, -0.05) is 6.07 Å². The van der Waals surface area contributed by atoms with Gasteiger partial charge in [0.2, 0.25) is 0 Å². The number of hydrogen-bond acceptors (Lipinski definition) is 5. The largest absolute Gasteiger partial charge is 0.459 e. The Hall–Kier alpha value is -3.75. The molecule has 0 aliphatic carbocycles. The lowest BCUT2D eigenvalue weighted by molar-refractivity contribution is 0.122. The SMILES string of the molecule is Fc1ccc(-c2ccc([C@H]3[C@H](c4ccccn4)NC(=S)N3c3ccc(N4CCOCC4)cc3)o2)cc1. The molecule has 2 atom stereocenters. The molecule has 36 heavy (non-hydrogen) atoms. The Balaban J connectivity index is 1.37. The number of benzene rings is 2. The second kappa shape index (κ2) is 9.72. The molecule has 0 unspecified atom stereocenters. The Bertz CT molecular complexity index is 1340. The van der Waals surface area contributed by atoms with Crippen molar-refractivity contribution in [2.45, 2.75) is 12.1 Å². The number of hydrogen-bond donors (Lipinski definition) is 1. The molecule has 2 aliphatic heterocycles. The van der Waals surface area contributed by atoms with Crippen LogP contribution in [0.4, 0.5) is 15.8 Å². The smallest absolute Gasteiger partial charge is 0.174 e. The summed E-state index contributed by atoms with van der Waals surface area (Å²) in [6.07, 6.45) is 1.78. The number of morpholine rings is 1. The molecule has 1 N–H and O–H groups in total. The molecule has 2 fully saturated rings. The number of pyridine rings is 1. The predicted octanol–water partition coefficient (Wildman–Crippen LogP) is 5.49. The molecule has 6 nitrogen and oxygen atoms in total. The van der Waals surface area contributed by atoms with Crippen molar-refractivity contribution in [1.82, 2.24) is 10.3 Å². The van der Waals surface area contributed by atoms with E-state index in [0.717, 1.165) is 54.7 Å². The number of aromatic nitrogens is 1. The quantitative estimate of drug-likeness (QED) is 0.364. The molecule has 6 rings (SSSR count). The van der Waals surface area contributed by atoms with E-state index in [0.29, 0.717) is 10.9 Å². The van der Waals surface area contributed by atoms with Crippen LogP contribution in [0.25, 0.3) is 11.3 Å². The lowest BCUT2D eigenvalue weighted by Crippen LogP contribution is -2.36. The molecule has 0 bridgehead atoms. The van der Waals surface area contributed by atoms with Crippen molar-refractivity contribution in [3.63, 3.8) is 0 Å². The summed E-state index contributed by atoms with van der Waals surface area (Å²) in [6.45, 7) is 3.24. The number of ether oxygens (including phenoxy) is 1. The summed E-state index contributed by atoms with van der Waals surface area (Å²) in [6, 6.07) is 24.0. The van der Waals surface area contributed by atoms with Gasteiger partial charge in [0, 0.05) is 36.2 Å². The van der Waals surface area contributed by atoms with Crippen LogP contribution in [0.15, 0.2) is 89.5 Å². The summed E-state index contributed by atoms with van der Waals surface area (Å²) >= 11 is 5.83. The Labute approximate surface area is 214 Å². The average molecular weight is 501 g/mol. The average Bonchev–Trinajstić information content (AvgIpc) is 3.55. The standard InChI is InChI=1S/C28H25FN4O2S/c29-20-6-4-19(5-7-20)24-12-13-25(35-24)27-26(23-3-1-2-14-30-23)31-28(36)33(27)22-10-8-21(9-11-22)32-15-17-34-18-16-32/h1-14,26-27H,15-18H2,(H,31,36)/t26-,27-/m0/s1. The minimum absolute atomic E-state index is 0.204. The summed E-state index contributed by atoms with van der Waals surface area (Å²) in [5.41, 5.74) is 3.81. The third-order valence-electron chi connectivity index (χ3n) is 6.65. The van der Waals surface area contributed by atoms with E-state index in [1.165, 1.54) is 12.1 Å². The Morgan fingerprint density at radius 1 is 0.889 bits per heavy atom. The van der Waals surface area contributed by atoms with Gasteiger partial charge in [0.25, 0.3) is 0 Å². The predicted molar refractivity (Wildman–Crippen MR) is 142 cm³/mol. The first kappa shape index (κ1) is 22.7. The maximum atomic E-state index is 13.4. The third kappa shape index (κ3) is 4.34. The summed E-state index contributed by atoms with van der Waals surface area (Å²) in [5.74, 6) is 1.14. The molecule has 0 saturated carbocycles. The maximum absolute atomic E-state index is 13.4. The van der Waals surface area contributed by atoms with E-state index < -0.39 is 0 Å². The van der Waals surface area contributed by atoms with Crippen LogP contribution in [-0.4, -0.2) is 36.4 Å². The molecular formula is C28H25FN4O2S. The fourth-order valence-corrected chi connectivity index (χ4v) is 5.19. The van der Waals surface area contributed by atoms with Gasteiger partial charge in [0.1, 0.15) is 23.4 Å². The van der Waals surface area contributed by atoms with Gasteiger partial charge in [-0.2, -0.15) is 0 Å². The van der Waals surface area contributed by atoms with Crippen LogP contribution >= 0.6 is 12.2 Å². The summed E-state index contributed by atoms with van der Waals surface area (Å²) in [4.78, 5) is 9.01. The molecule has 0 radical (unpaired) electrons. The topological polar surface area (TPSA) is 53.8 Å². The van der Waals surface area contributed by atoms with Gasteiger partial charge in [-0.25, -0.2) is 4.39 Å². The first-order valence-corrected chi connectivity index (χ1v) is 12.4. The number of furan rings is 1. The summed E-state index contributed by atoms with van der Waals surface area (Å²) in [5, 5.41) is 4.07. The van der Waals surface area contributed by atoms with Crippen LogP contribution in [0, 0.1) is 5.82 Å². The zero-order valence-electron chi connectivity index (χ0n) is 19.5. The fourth-order valence-electron chi connectivity index (χ4n) is 4.85. The Morgan fingerprint density at radius 2 is 1.64 bits per heavy atom. The molecule has 2 aliphatic rings. The highest BCUT2D eigenvalue weighted by atomic mass is 32.1. The van der Waals surface area contributed by atoms with Crippen molar-refractivity contribution in [2.75, 3.05) is 36.1 Å². The highest BCUT2D eigenvalue weighted by Gasteiger charge is 2.42. The van der Waals surface area contributed by atoms with Gasteiger partial charge in [-0.3, -0.25) is 4.98 Å². The maximum Gasteiger partial charge on any atom is 0.174 e. The summed E-state index contributed by atoms with van der Waals surface area (Å²) < 4.78 is 25.3. The first-order valence-electron chi connectivity index (χ1n) is 12.0. The van der Waals surface area contributed by atoms with Crippen molar-refractivity contribution in [3.8, 4) is 11.3 Å². The molecule has 4 heterocycles. The highest BCUT2D eigenvalue weighted by Crippen LogP contribution is 2.43. The molecule has 0 amide bonds. The monoisotopic (exact) mass is 500 g/mol. The zero-order valence-corrected chi connectivity index (χ0v) is 20.3. The second-order valence-corrected chi connectivity index (χ2v) is 9.21. The number of anilines is 2. The molecular weight excluding hydrogens is 475 g/mol.